The van der Waals surface area contributed by atoms with Gasteiger partial charge in [-0.15, -0.1) is 0 Å². The minimum Gasteiger partial charge on any atom is -0.365 e. The number of rotatable bonds is 5. The Morgan fingerprint density at radius 2 is 1.95 bits per heavy atom. The summed E-state index contributed by atoms with van der Waals surface area (Å²) >= 11 is 6.17. The first kappa shape index (κ1) is 16.6. The van der Waals surface area contributed by atoms with E-state index in [-0.39, 0.29) is 10.7 Å². The Morgan fingerprint density at radius 1 is 1.32 bits per heavy atom. The average Bonchev–Trinajstić information content (AvgIpc) is 2.74. The fourth-order valence-corrected chi connectivity index (χ4v) is 3.11. The number of primary amides is 1. The molecular formula is C17H22ClN3O. The third-order valence-corrected chi connectivity index (χ3v) is 4.23. The highest BCUT2D eigenvalue weighted by molar-refractivity contribution is 6.33. The number of nitrogens with two attached hydrogens (primary N) is 1. The largest absolute Gasteiger partial charge is 0.365 e. The van der Waals surface area contributed by atoms with Crippen LogP contribution in [0, 0.1) is 5.92 Å². The van der Waals surface area contributed by atoms with E-state index in [1.165, 1.54) is 4.68 Å². The lowest BCUT2D eigenvalue weighted by atomic mass is 9.87. The van der Waals surface area contributed by atoms with Crippen LogP contribution >= 0.6 is 11.6 Å². The summed E-state index contributed by atoms with van der Waals surface area (Å²) in [4.78, 5) is 11.8. The molecule has 22 heavy (non-hydrogen) atoms. The van der Waals surface area contributed by atoms with Crippen molar-refractivity contribution in [3.63, 3.8) is 0 Å². The van der Waals surface area contributed by atoms with Crippen molar-refractivity contribution in [2.45, 2.75) is 33.1 Å². The summed E-state index contributed by atoms with van der Waals surface area (Å²) in [5.41, 5.74) is 8.43. The number of benzene rings is 1. The SMILES string of the molecule is CC(C)CC(C)c1ccccc1-c1nn(C)c(Cl)c1C(N)=O. The maximum absolute atomic E-state index is 11.8. The lowest BCUT2D eigenvalue weighted by Gasteiger charge is -2.17. The van der Waals surface area contributed by atoms with E-state index >= 15 is 0 Å². The molecule has 0 aliphatic rings. The summed E-state index contributed by atoms with van der Waals surface area (Å²) in [6.07, 6.45) is 1.06. The summed E-state index contributed by atoms with van der Waals surface area (Å²) in [5.74, 6) is 0.392. The summed E-state index contributed by atoms with van der Waals surface area (Å²) in [6.45, 7) is 6.59. The first-order valence-electron chi connectivity index (χ1n) is 7.44. The molecule has 118 valence electrons. The van der Waals surface area contributed by atoms with Crippen molar-refractivity contribution >= 4 is 17.5 Å². The fourth-order valence-electron chi connectivity index (χ4n) is 2.89. The summed E-state index contributed by atoms with van der Waals surface area (Å²) < 4.78 is 1.49. The van der Waals surface area contributed by atoms with E-state index in [0.29, 0.717) is 17.5 Å². The van der Waals surface area contributed by atoms with Gasteiger partial charge in [-0.25, -0.2) is 0 Å². The van der Waals surface area contributed by atoms with Crippen LogP contribution in [0.1, 0.15) is 49.0 Å². The van der Waals surface area contributed by atoms with Crippen LogP contribution in [-0.4, -0.2) is 15.7 Å². The minimum absolute atomic E-state index is 0.272. The molecule has 4 nitrogen and oxygen atoms in total. The number of carbonyl (C=O) groups is 1. The van der Waals surface area contributed by atoms with Gasteiger partial charge in [-0.2, -0.15) is 5.10 Å². The van der Waals surface area contributed by atoms with Crippen LogP contribution in [0.4, 0.5) is 0 Å². The highest BCUT2D eigenvalue weighted by atomic mass is 35.5. The molecule has 2 aromatic rings. The quantitative estimate of drug-likeness (QED) is 0.905. The number of hydrogen-bond acceptors (Lipinski definition) is 2. The maximum Gasteiger partial charge on any atom is 0.254 e. The standard InChI is InChI=1S/C17H22ClN3O/c1-10(2)9-11(3)12-7-5-6-8-13(12)15-14(17(19)22)16(18)21(4)20-15/h5-8,10-11H,9H2,1-4H3,(H2,19,22). The third kappa shape index (κ3) is 3.17. The Hall–Kier alpha value is -1.81. The first-order chi connectivity index (χ1) is 10.3. The number of hydrogen-bond donors (Lipinski definition) is 1. The lowest BCUT2D eigenvalue weighted by molar-refractivity contribution is 0.100. The van der Waals surface area contributed by atoms with E-state index in [4.69, 9.17) is 17.3 Å². The van der Waals surface area contributed by atoms with Gasteiger partial charge >= 0.3 is 0 Å². The molecule has 1 atom stereocenters. The molecule has 0 fully saturated rings. The van der Waals surface area contributed by atoms with Crippen molar-refractivity contribution in [1.29, 1.82) is 0 Å². The molecule has 0 aliphatic carbocycles. The second kappa shape index (κ2) is 6.53. The Balaban J connectivity index is 2.59. The summed E-state index contributed by atoms with van der Waals surface area (Å²) in [6, 6.07) is 7.99. The predicted molar refractivity (Wildman–Crippen MR) is 90.0 cm³/mol. The zero-order chi connectivity index (χ0) is 16.4. The topological polar surface area (TPSA) is 60.9 Å². The van der Waals surface area contributed by atoms with Gasteiger partial charge in [-0.3, -0.25) is 9.48 Å². The first-order valence-corrected chi connectivity index (χ1v) is 7.82. The molecule has 1 unspecified atom stereocenters. The second-order valence-electron chi connectivity index (χ2n) is 6.12. The number of nitrogens with zero attached hydrogens (tertiary/aromatic N) is 2. The monoisotopic (exact) mass is 319 g/mol. The number of amides is 1. The van der Waals surface area contributed by atoms with Crippen LogP contribution < -0.4 is 5.73 Å². The molecule has 0 saturated heterocycles. The lowest BCUT2D eigenvalue weighted by Crippen LogP contribution is -2.12. The van der Waals surface area contributed by atoms with Gasteiger partial charge in [0.25, 0.3) is 5.91 Å². The Morgan fingerprint density at radius 3 is 2.55 bits per heavy atom. The fraction of sp³-hybridized carbons (Fsp3) is 0.412. The third-order valence-electron chi connectivity index (χ3n) is 3.80. The highest BCUT2D eigenvalue weighted by Crippen LogP contribution is 2.35. The molecular weight excluding hydrogens is 298 g/mol. The van der Waals surface area contributed by atoms with Crippen LogP contribution in [0.5, 0.6) is 0 Å². The van der Waals surface area contributed by atoms with Crippen molar-refractivity contribution in [3.8, 4) is 11.3 Å². The average molecular weight is 320 g/mol. The van der Waals surface area contributed by atoms with E-state index < -0.39 is 5.91 Å². The molecule has 0 aliphatic heterocycles. The van der Waals surface area contributed by atoms with E-state index in [1.54, 1.807) is 7.05 Å². The number of aryl methyl sites for hydroxylation is 1. The Bertz CT molecular complexity index is 691. The van der Waals surface area contributed by atoms with E-state index in [2.05, 4.69) is 31.9 Å². The summed E-state index contributed by atoms with van der Waals surface area (Å²) in [5, 5.41) is 4.68. The molecule has 0 bridgehead atoms. The molecule has 2 rings (SSSR count). The second-order valence-corrected chi connectivity index (χ2v) is 6.48. The van der Waals surface area contributed by atoms with Crippen LogP contribution in [-0.2, 0) is 7.05 Å². The van der Waals surface area contributed by atoms with Gasteiger partial charge in [0.2, 0.25) is 0 Å². The van der Waals surface area contributed by atoms with E-state index in [0.717, 1.165) is 17.5 Å². The van der Waals surface area contributed by atoms with Gasteiger partial charge in [0.1, 0.15) is 16.4 Å². The van der Waals surface area contributed by atoms with Gasteiger partial charge in [0.15, 0.2) is 0 Å². The van der Waals surface area contributed by atoms with Crippen molar-refractivity contribution in [2.75, 3.05) is 0 Å². The normalized spacial score (nSPS) is 12.6. The number of aromatic nitrogens is 2. The van der Waals surface area contributed by atoms with Gasteiger partial charge in [-0.1, -0.05) is 56.6 Å². The maximum atomic E-state index is 11.8. The minimum atomic E-state index is -0.556. The summed E-state index contributed by atoms with van der Waals surface area (Å²) in [7, 11) is 1.71. The Labute approximate surface area is 136 Å². The Kier molecular flexibility index (Phi) is 4.91. The van der Waals surface area contributed by atoms with E-state index in [9.17, 15) is 4.79 Å². The zero-order valence-corrected chi connectivity index (χ0v) is 14.2. The van der Waals surface area contributed by atoms with Gasteiger partial charge in [-0.05, 0) is 23.8 Å². The molecule has 2 N–H and O–H groups in total. The van der Waals surface area contributed by atoms with Gasteiger partial charge in [0.05, 0.1) is 0 Å². The highest BCUT2D eigenvalue weighted by Gasteiger charge is 2.23. The molecule has 1 aromatic carbocycles. The van der Waals surface area contributed by atoms with Crippen LogP contribution in [0.3, 0.4) is 0 Å². The van der Waals surface area contributed by atoms with Crippen molar-refractivity contribution in [1.82, 2.24) is 9.78 Å². The van der Waals surface area contributed by atoms with Gasteiger partial charge < -0.3 is 5.73 Å². The number of halogens is 1. The van der Waals surface area contributed by atoms with E-state index in [1.807, 2.05) is 18.2 Å². The van der Waals surface area contributed by atoms with Crippen molar-refractivity contribution < 1.29 is 4.79 Å². The number of carbonyl (C=O) groups excluding carboxylic acids is 1. The molecule has 1 amide bonds. The van der Waals surface area contributed by atoms with Crippen molar-refractivity contribution in [2.24, 2.45) is 18.7 Å². The van der Waals surface area contributed by atoms with Crippen molar-refractivity contribution in [3.05, 3.63) is 40.5 Å². The molecule has 0 radical (unpaired) electrons. The predicted octanol–water partition coefficient (Wildman–Crippen LogP) is 3.99. The molecule has 1 aromatic heterocycles. The smallest absolute Gasteiger partial charge is 0.254 e. The van der Waals surface area contributed by atoms with Crippen LogP contribution in [0.2, 0.25) is 5.15 Å². The zero-order valence-electron chi connectivity index (χ0n) is 13.4. The van der Waals surface area contributed by atoms with Gasteiger partial charge in [0, 0.05) is 12.6 Å². The molecule has 0 saturated carbocycles. The van der Waals surface area contributed by atoms with Crippen LogP contribution in [0.25, 0.3) is 11.3 Å². The van der Waals surface area contributed by atoms with Crippen LogP contribution in [0.15, 0.2) is 24.3 Å². The molecule has 0 spiro atoms. The molecule has 5 heteroatoms. The molecule has 1 heterocycles.